The van der Waals surface area contributed by atoms with Gasteiger partial charge in [0, 0.05) is 12.6 Å². The van der Waals surface area contributed by atoms with E-state index in [2.05, 4.69) is 10.1 Å². The van der Waals surface area contributed by atoms with Crippen LogP contribution in [0.5, 0.6) is 0 Å². The normalized spacial score (nSPS) is 10.6. The van der Waals surface area contributed by atoms with E-state index in [9.17, 15) is 5.11 Å². The lowest BCUT2D eigenvalue weighted by molar-refractivity contribution is 0.282. The average molecular weight is 203 g/mol. The smallest absolute Gasteiger partial charge is 0.158 e. The molecule has 4 nitrogen and oxygen atoms in total. The minimum atomic E-state index is 0.0160. The molecule has 0 atom stereocenters. The summed E-state index contributed by atoms with van der Waals surface area (Å²) < 4.78 is 1.73. The van der Waals surface area contributed by atoms with Gasteiger partial charge in [-0.1, -0.05) is 24.3 Å². The molecule has 0 unspecified atom stereocenters. The Kier molecular flexibility index (Phi) is 2.51. The number of aromatic nitrogens is 3. The number of benzene rings is 1. The Morgan fingerprint density at radius 2 is 2.07 bits per heavy atom. The molecule has 2 aromatic rings. The molecule has 78 valence electrons. The number of hydrogen-bond donors (Lipinski definition) is 1. The highest BCUT2D eigenvalue weighted by Gasteiger charge is 2.10. The van der Waals surface area contributed by atoms with Crippen molar-refractivity contribution in [2.45, 2.75) is 13.5 Å². The highest BCUT2D eigenvalue weighted by molar-refractivity contribution is 5.60. The fraction of sp³-hybridized carbons (Fsp3) is 0.273. The second kappa shape index (κ2) is 3.82. The first-order chi connectivity index (χ1) is 7.22. The van der Waals surface area contributed by atoms with Crippen LogP contribution in [-0.4, -0.2) is 19.9 Å². The number of hydrogen-bond acceptors (Lipinski definition) is 3. The van der Waals surface area contributed by atoms with E-state index in [0.29, 0.717) is 0 Å². The van der Waals surface area contributed by atoms with Gasteiger partial charge in [-0.3, -0.25) is 0 Å². The molecule has 0 amide bonds. The molecule has 4 heteroatoms. The van der Waals surface area contributed by atoms with Gasteiger partial charge in [-0.15, -0.1) is 0 Å². The van der Waals surface area contributed by atoms with Gasteiger partial charge in [0.2, 0.25) is 0 Å². The first kappa shape index (κ1) is 9.86. The summed E-state index contributed by atoms with van der Waals surface area (Å²) in [6.45, 7) is 1.87. The summed E-state index contributed by atoms with van der Waals surface area (Å²) in [5.41, 5.74) is 1.80. The van der Waals surface area contributed by atoms with E-state index < -0.39 is 0 Å². The van der Waals surface area contributed by atoms with E-state index in [4.69, 9.17) is 0 Å². The van der Waals surface area contributed by atoms with Crippen LogP contribution in [0.2, 0.25) is 0 Å². The maximum atomic E-state index is 9.22. The maximum absolute atomic E-state index is 9.22. The van der Waals surface area contributed by atoms with Crippen molar-refractivity contribution >= 4 is 0 Å². The Morgan fingerprint density at radius 1 is 1.33 bits per heavy atom. The predicted molar refractivity (Wildman–Crippen MR) is 57.1 cm³/mol. The Hall–Kier alpha value is -1.68. The molecule has 2 rings (SSSR count). The summed E-state index contributed by atoms with van der Waals surface area (Å²) in [5.74, 6) is 1.53. The van der Waals surface area contributed by atoms with Gasteiger partial charge >= 0.3 is 0 Å². The van der Waals surface area contributed by atoms with Gasteiger partial charge in [0.15, 0.2) is 5.82 Å². The topological polar surface area (TPSA) is 50.9 Å². The van der Waals surface area contributed by atoms with Crippen molar-refractivity contribution in [3.8, 4) is 11.4 Å². The SMILES string of the molecule is Cc1nc(-c2ccccc2CO)n(C)n1. The van der Waals surface area contributed by atoms with Crippen LogP contribution in [0.3, 0.4) is 0 Å². The van der Waals surface area contributed by atoms with E-state index in [0.717, 1.165) is 22.8 Å². The van der Waals surface area contributed by atoms with E-state index in [1.54, 1.807) is 4.68 Å². The van der Waals surface area contributed by atoms with Gasteiger partial charge in [0.05, 0.1) is 6.61 Å². The second-order valence-electron chi connectivity index (χ2n) is 3.42. The Bertz CT molecular complexity index is 476. The molecule has 15 heavy (non-hydrogen) atoms. The van der Waals surface area contributed by atoms with Gasteiger partial charge in [-0.25, -0.2) is 9.67 Å². The first-order valence-electron chi connectivity index (χ1n) is 4.79. The number of nitrogens with zero attached hydrogens (tertiary/aromatic N) is 3. The molecule has 0 spiro atoms. The second-order valence-corrected chi connectivity index (χ2v) is 3.42. The molecule has 0 bridgehead atoms. The van der Waals surface area contributed by atoms with Crippen molar-refractivity contribution in [2.24, 2.45) is 7.05 Å². The third kappa shape index (κ3) is 1.76. The van der Waals surface area contributed by atoms with Gasteiger partial charge in [0.1, 0.15) is 5.82 Å². The third-order valence-electron chi connectivity index (χ3n) is 2.30. The lowest BCUT2D eigenvalue weighted by atomic mass is 10.1. The quantitative estimate of drug-likeness (QED) is 0.800. The molecule has 0 aliphatic carbocycles. The van der Waals surface area contributed by atoms with E-state index in [1.165, 1.54) is 0 Å². The zero-order valence-corrected chi connectivity index (χ0v) is 8.81. The molecule has 0 aliphatic rings. The molecule has 0 saturated carbocycles. The highest BCUT2D eigenvalue weighted by atomic mass is 16.3. The lowest BCUT2D eigenvalue weighted by Crippen LogP contribution is -1.97. The molecule has 0 fully saturated rings. The fourth-order valence-corrected chi connectivity index (χ4v) is 1.62. The zero-order valence-electron chi connectivity index (χ0n) is 8.81. The summed E-state index contributed by atoms with van der Waals surface area (Å²) in [6.07, 6.45) is 0. The van der Waals surface area contributed by atoms with Crippen molar-refractivity contribution in [1.29, 1.82) is 0 Å². The highest BCUT2D eigenvalue weighted by Crippen LogP contribution is 2.21. The van der Waals surface area contributed by atoms with E-state index >= 15 is 0 Å². The van der Waals surface area contributed by atoms with Crippen molar-refractivity contribution in [3.05, 3.63) is 35.7 Å². The van der Waals surface area contributed by atoms with Gasteiger partial charge in [-0.2, -0.15) is 5.10 Å². The number of aryl methyl sites for hydroxylation is 2. The van der Waals surface area contributed by atoms with Crippen LogP contribution in [0.15, 0.2) is 24.3 Å². The van der Waals surface area contributed by atoms with Crippen molar-refractivity contribution in [3.63, 3.8) is 0 Å². The van der Waals surface area contributed by atoms with Crippen LogP contribution in [0, 0.1) is 6.92 Å². The lowest BCUT2D eigenvalue weighted by Gasteiger charge is -2.05. The molecule has 1 heterocycles. The van der Waals surface area contributed by atoms with Crippen LogP contribution in [-0.2, 0) is 13.7 Å². The summed E-state index contributed by atoms with van der Waals surface area (Å²) in [5, 5.41) is 13.4. The minimum absolute atomic E-state index is 0.0160. The van der Waals surface area contributed by atoms with Crippen LogP contribution in [0.25, 0.3) is 11.4 Å². The van der Waals surface area contributed by atoms with E-state index in [1.807, 2.05) is 38.2 Å². The zero-order chi connectivity index (χ0) is 10.8. The number of aliphatic hydroxyl groups excluding tert-OH is 1. The summed E-state index contributed by atoms with van der Waals surface area (Å²) in [4.78, 5) is 4.33. The number of rotatable bonds is 2. The summed E-state index contributed by atoms with van der Waals surface area (Å²) >= 11 is 0. The van der Waals surface area contributed by atoms with Gasteiger partial charge < -0.3 is 5.11 Å². The molecule has 1 aromatic heterocycles. The summed E-state index contributed by atoms with van der Waals surface area (Å²) in [6, 6.07) is 7.66. The minimum Gasteiger partial charge on any atom is -0.392 e. The largest absolute Gasteiger partial charge is 0.392 e. The van der Waals surface area contributed by atoms with Crippen LogP contribution in [0.4, 0.5) is 0 Å². The van der Waals surface area contributed by atoms with Crippen molar-refractivity contribution < 1.29 is 5.11 Å². The van der Waals surface area contributed by atoms with Crippen LogP contribution < -0.4 is 0 Å². The van der Waals surface area contributed by atoms with Gasteiger partial charge in [-0.05, 0) is 12.5 Å². The Balaban J connectivity index is 2.58. The van der Waals surface area contributed by atoms with Crippen molar-refractivity contribution in [2.75, 3.05) is 0 Å². The molecule has 0 saturated heterocycles. The molecular formula is C11H13N3O. The third-order valence-corrected chi connectivity index (χ3v) is 2.30. The maximum Gasteiger partial charge on any atom is 0.158 e. The fourth-order valence-electron chi connectivity index (χ4n) is 1.62. The Labute approximate surface area is 88.2 Å². The van der Waals surface area contributed by atoms with Crippen molar-refractivity contribution in [1.82, 2.24) is 14.8 Å². The molecule has 0 radical (unpaired) electrons. The Morgan fingerprint density at radius 3 is 2.67 bits per heavy atom. The molecule has 0 aliphatic heterocycles. The molecule has 1 aromatic carbocycles. The van der Waals surface area contributed by atoms with Crippen LogP contribution >= 0.6 is 0 Å². The predicted octanol–water partition coefficient (Wildman–Crippen LogP) is 1.28. The molecular weight excluding hydrogens is 190 g/mol. The van der Waals surface area contributed by atoms with E-state index in [-0.39, 0.29) is 6.61 Å². The number of aliphatic hydroxyl groups is 1. The van der Waals surface area contributed by atoms with Crippen LogP contribution in [0.1, 0.15) is 11.4 Å². The summed E-state index contributed by atoms with van der Waals surface area (Å²) in [7, 11) is 1.85. The molecule has 1 N–H and O–H groups in total. The first-order valence-corrected chi connectivity index (χ1v) is 4.79. The monoisotopic (exact) mass is 203 g/mol. The van der Waals surface area contributed by atoms with Gasteiger partial charge in [0.25, 0.3) is 0 Å². The standard InChI is InChI=1S/C11H13N3O/c1-8-12-11(14(2)13-8)10-6-4-3-5-9(10)7-15/h3-6,15H,7H2,1-2H3. The average Bonchev–Trinajstić information content (AvgIpc) is 2.57.